The highest BCUT2D eigenvalue weighted by Gasteiger charge is 2.32. The maximum atomic E-state index is 12.0. The zero-order valence-corrected chi connectivity index (χ0v) is 12.6. The second kappa shape index (κ2) is 6.23. The molecular formula is C15H28N2O2. The van der Waals surface area contributed by atoms with Crippen molar-refractivity contribution < 1.29 is 9.53 Å². The summed E-state index contributed by atoms with van der Waals surface area (Å²) in [5, 5.41) is 3.43. The van der Waals surface area contributed by atoms with Gasteiger partial charge < -0.3 is 15.0 Å². The molecule has 0 aromatic carbocycles. The summed E-state index contributed by atoms with van der Waals surface area (Å²) in [6, 6.07) is 0.393. The van der Waals surface area contributed by atoms with Crippen LogP contribution in [0.3, 0.4) is 0 Å². The fourth-order valence-corrected chi connectivity index (χ4v) is 2.57. The summed E-state index contributed by atoms with van der Waals surface area (Å²) in [6.45, 7) is 9.98. The molecule has 1 saturated heterocycles. The summed E-state index contributed by atoms with van der Waals surface area (Å²) in [4.78, 5) is 14.4. The van der Waals surface area contributed by atoms with E-state index in [1.165, 1.54) is 25.7 Å². The molecule has 0 spiro atoms. The minimum absolute atomic E-state index is 0.0840. The molecule has 2 fully saturated rings. The zero-order valence-electron chi connectivity index (χ0n) is 12.6. The third-order valence-electron chi connectivity index (χ3n) is 4.24. The van der Waals surface area contributed by atoms with Gasteiger partial charge in [-0.3, -0.25) is 4.79 Å². The van der Waals surface area contributed by atoms with Gasteiger partial charge in [0.1, 0.15) is 6.04 Å². The lowest BCUT2D eigenvalue weighted by atomic mass is 9.82. The Hall–Kier alpha value is -0.610. The number of esters is 1. The van der Waals surface area contributed by atoms with E-state index in [1.807, 2.05) is 6.92 Å². The third kappa shape index (κ3) is 4.77. The molecule has 2 aliphatic rings. The van der Waals surface area contributed by atoms with E-state index >= 15 is 0 Å². The number of rotatable bonds is 6. The van der Waals surface area contributed by atoms with Crippen LogP contribution < -0.4 is 5.32 Å². The summed E-state index contributed by atoms with van der Waals surface area (Å²) in [5.74, 6) is -0.0840. The molecule has 1 aliphatic carbocycles. The van der Waals surface area contributed by atoms with Crippen molar-refractivity contribution in [2.45, 2.75) is 58.5 Å². The van der Waals surface area contributed by atoms with E-state index in [9.17, 15) is 4.79 Å². The summed E-state index contributed by atoms with van der Waals surface area (Å²) < 4.78 is 5.19. The van der Waals surface area contributed by atoms with Crippen LogP contribution in [0.5, 0.6) is 0 Å². The molecule has 1 aliphatic heterocycles. The number of likely N-dealkylation sites (tertiary alicyclic amines) is 1. The number of carbonyl (C=O) groups is 1. The molecule has 1 atom stereocenters. The fourth-order valence-electron chi connectivity index (χ4n) is 2.57. The fraction of sp³-hybridized carbons (Fsp3) is 0.933. The van der Waals surface area contributed by atoms with Crippen molar-refractivity contribution in [3.05, 3.63) is 0 Å². The normalized spacial score (nSPS) is 25.0. The van der Waals surface area contributed by atoms with Gasteiger partial charge in [-0.05, 0) is 51.1 Å². The van der Waals surface area contributed by atoms with Gasteiger partial charge in [-0.1, -0.05) is 13.8 Å². The van der Waals surface area contributed by atoms with E-state index in [0.717, 1.165) is 19.6 Å². The average molecular weight is 268 g/mol. The van der Waals surface area contributed by atoms with Gasteiger partial charge in [-0.2, -0.15) is 0 Å². The summed E-state index contributed by atoms with van der Waals surface area (Å²) >= 11 is 0. The molecule has 1 N–H and O–H groups in total. The molecule has 0 bridgehead atoms. The number of hydrogen-bond donors (Lipinski definition) is 1. The Kier molecular flexibility index (Phi) is 4.85. The molecule has 0 aromatic heterocycles. The van der Waals surface area contributed by atoms with E-state index in [0.29, 0.717) is 18.1 Å². The van der Waals surface area contributed by atoms with Gasteiger partial charge in [0.05, 0.1) is 6.61 Å². The summed E-state index contributed by atoms with van der Waals surface area (Å²) in [6.07, 6.45) is 4.82. The Morgan fingerprint density at radius 2 is 2.00 bits per heavy atom. The number of carbonyl (C=O) groups excluding carboxylic acids is 1. The van der Waals surface area contributed by atoms with Crippen molar-refractivity contribution in [3.63, 3.8) is 0 Å². The minimum Gasteiger partial charge on any atom is -0.465 e. The van der Waals surface area contributed by atoms with Crippen molar-refractivity contribution in [2.24, 2.45) is 5.41 Å². The Morgan fingerprint density at radius 3 is 2.53 bits per heavy atom. The van der Waals surface area contributed by atoms with Crippen LogP contribution in [-0.4, -0.2) is 49.2 Å². The van der Waals surface area contributed by atoms with Gasteiger partial charge in [0, 0.05) is 12.6 Å². The lowest BCUT2D eigenvalue weighted by Gasteiger charge is -2.38. The molecule has 1 heterocycles. The first-order valence-corrected chi connectivity index (χ1v) is 7.65. The summed E-state index contributed by atoms with van der Waals surface area (Å²) in [5.41, 5.74) is 0.458. The maximum Gasteiger partial charge on any atom is 0.324 e. The smallest absolute Gasteiger partial charge is 0.324 e. The second-order valence-corrected chi connectivity index (χ2v) is 6.71. The van der Waals surface area contributed by atoms with Gasteiger partial charge >= 0.3 is 5.97 Å². The van der Waals surface area contributed by atoms with Gasteiger partial charge in [0.2, 0.25) is 0 Å². The first-order valence-electron chi connectivity index (χ1n) is 7.65. The van der Waals surface area contributed by atoms with Crippen LogP contribution in [0.2, 0.25) is 0 Å². The molecule has 0 amide bonds. The highest BCUT2D eigenvalue weighted by molar-refractivity contribution is 5.76. The van der Waals surface area contributed by atoms with Crippen molar-refractivity contribution in [1.82, 2.24) is 10.2 Å². The lowest BCUT2D eigenvalue weighted by Crippen LogP contribution is -2.50. The van der Waals surface area contributed by atoms with Crippen molar-refractivity contribution >= 4 is 5.97 Å². The maximum absolute atomic E-state index is 12.0. The van der Waals surface area contributed by atoms with Crippen LogP contribution in [0.15, 0.2) is 0 Å². The molecule has 4 nitrogen and oxygen atoms in total. The van der Waals surface area contributed by atoms with Crippen LogP contribution in [0.1, 0.15) is 46.5 Å². The van der Waals surface area contributed by atoms with Gasteiger partial charge in [-0.25, -0.2) is 0 Å². The van der Waals surface area contributed by atoms with E-state index in [4.69, 9.17) is 4.74 Å². The zero-order chi connectivity index (χ0) is 13.9. The van der Waals surface area contributed by atoms with E-state index in [1.54, 1.807) is 0 Å². The highest BCUT2D eigenvalue weighted by atomic mass is 16.5. The SMILES string of the molecule is CCOC(=O)C(CN1CCC(C)(C)CC1)NC1CC1. The van der Waals surface area contributed by atoms with Crippen LogP contribution in [0, 0.1) is 5.41 Å². The molecule has 1 unspecified atom stereocenters. The highest BCUT2D eigenvalue weighted by Crippen LogP contribution is 2.29. The molecule has 1 saturated carbocycles. The van der Waals surface area contributed by atoms with E-state index < -0.39 is 0 Å². The van der Waals surface area contributed by atoms with Crippen molar-refractivity contribution in [1.29, 1.82) is 0 Å². The van der Waals surface area contributed by atoms with Gasteiger partial charge in [0.25, 0.3) is 0 Å². The predicted molar refractivity (Wildman–Crippen MR) is 76.0 cm³/mol. The average Bonchev–Trinajstić information content (AvgIpc) is 3.15. The Balaban J connectivity index is 1.83. The molecule has 19 heavy (non-hydrogen) atoms. The van der Waals surface area contributed by atoms with Crippen LogP contribution >= 0.6 is 0 Å². The second-order valence-electron chi connectivity index (χ2n) is 6.71. The molecular weight excluding hydrogens is 240 g/mol. The van der Waals surface area contributed by atoms with Gasteiger partial charge in [0.15, 0.2) is 0 Å². The number of nitrogens with one attached hydrogen (secondary N) is 1. The number of ether oxygens (including phenoxy) is 1. The van der Waals surface area contributed by atoms with Crippen LogP contribution in [0.4, 0.5) is 0 Å². The lowest BCUT2D eigenvalue weighted by molar-refractivity contribution is -0.146. The first-order chi connectivity index (χ1) is 9.00. The number of piperidine rings is 1. The van der Waals surface area contributed by atoms with Gasteiger partial charge in [-0.15, -0.1) is 0 Å². The molecule has 4 heteroatoms. The third-order valence-corrected chi connectivity index (χ3v) is 4.24. The van der Waals surface area contributed by atoms with E-state index in [2.05, 4.69) is 24.1 Å². The van der Waals surface area contributed by atoms with Crippen LogP contribution in [0.25, 0.3) is 0 Å². The Labute approximate surface area is 116 Å². The molecule has 0 radical (unpaired) electrons. The predicted octanol–water partition coefficient (Wildman–Crippen LogP) is 1.79. The van der Waals surface area contributed by atoms with Crippen molar-refractivity contribution in [2.75, 3.05) is 26.2 Å². The summed E-state index contributed by atoms with van der Waals surface area (Å²) in [7, 11) is 0. The van der Waals surface area contributed by atoms with Crippen LogP contribution in [-0.2, 0) is 9.53 Å². The monoisotopic (exact) mass is 268 g/mol. The Bertz CT molecular complexity index is 303. The largest absolute Gasteiger partial charge is 0.465 e. The first kappa shape index (κ1) is 14.8. The molecule has 2 rings (SSSR count). The number of nitrogens with zero attached hydrogens (tertiary/aromatic N) is 1. The molecule has 0 aromatic rings. The topological polar surface area (TPSA) is 41.6 Å². The van der Waals surface area contributed by atoms with E-state index in [-0.39, 0.29) is 12.0 Å². The quantitative estimate of drug-likeness (QED) is 0.746. The minimum atomic E-state index is -0.145. The van der Waals surface area contributed by atoms with Crippen molar-refractivity contribution in [3.8, 4) is 0 Å². The number of hydrogen-bond acceptors (Lipinski definition) is 4. The molecule has 110 valence electrons. The standard InChI is InChI=1S/C15H28N2O2/c1-4-19-14(18)13(16-12-5-6-12)11-17-9-7-15(2,3)8-10-17/h12-13,16H,4-11H2,1-3H3. The Morgan fingerprint density at radius 1 is 1.37 bits per heavy atom.